The van der Waals surface area contributed by atoms with Crippen LogP contribution >= 0.6 is 0 Å². The summed E-state index contributed by atoms with van der Waals surface area (Å²) in [5.41, 5.74) is 1.23. The summed E-state index contributed by atoms with van der Waals surface area (Å²) in [5.74, 6) is 0.168. The first-order chi connectivity index (χ1) is 7.68. The van der Waals surface area contributed by atoms with Gasteiger partial charge in [0.1, 0.15) is 0 Å². The molecule has 0 spiro atoms. The third-order valence-corrected chi connectivity index (χ3v) is 3.17. The Morgan fingerprint density at radius 2 is 1.94 bits per heavy atom. The fourth-order valence-corrected chi connectivity index (χ4v) is 2.26. The summed E-state index contributed by atoms with van der Waals surface area (Å²) in [6.07, 6.45) is 0. The van der Waals surface area contributed by atoms with Gasteiger partial charge in [0.25, 0.3) is 0 Å². The quantitative estimate of drug-likeness (QED) is 0.713. The van der Waals surface area contributed by atoms with Crippen molar-refractivity contribution in [2.24, 2.45) is 0 Å². The highest BCUT2D eigenvalue weighted by molar-refractivity contribution is 5.74. The van der Waals surface area contributed by atoms with Crippen molar-refractivity contribution in [3.63, 3.8) is 0 Å². The molecule has 1 unspecified atom stereocenters. The van der Waals surface area contributed by atoms with Crippen LogP contribution in [0.4, 0.5) is 0 Å². The molecule has 1 amide bonds. The number of hydrogen-bond donors (Lipinski definition) is 0. The highest BCUT2D eigenvalue weighted by atomic mass is 16.2. The van der Waals surface area contributed by atoms with E-state index in [0.717, 1.165) is 19.6 Å². The monoisotopic (exact) mass is 218 g/mol. The van der Waals surface area contributed by atoms with Gasteiger partial charge in [0.15, 0.2) is 0 Å². The van der Waals surface area contributed by atoms with Crippen LogP contribution in [-0.4, -0.2) is 42.4 Å². The lowest BCUT2D eigenvalue weighted by Crippen LogP contribution is -2.48. The Hall–Kier alpha value is -1.35. The third kappa shape index (κ3) is 2.25. The predicted molar refractivity (Wildman–Crippen MR) is 64.1 cm³/mol. The zero-order valence-electron chi connectivity index (χ0n) is 9.89. The van der Waals surface area contributed by atoms with Gasteiger partial charge in [-0.1, -0.05) is 30.3 Å². The molecule has 3 heteroatoms. The molecular weight excluding hydrogens is 200 g/mol. The lowest BCUT2D eigenvalue weighted by molar-refractivity contribution is -0.133. The van der Waals surface area contributed by atoms with Crippen molar-refractivity contribution in [2.75, 3.05) is 26.7 Å². The van der Waals surface area contributed by atoms with E-state index >= 15 is 0 Å². The van der Waals surface area contributed by atoms with E-state index in [-0.39, 0.29) is 11.9 Å². The molecule has 0 saturated carbocycles. The number of carbonyl (C=O) groups excluding carboxylic acids is 1. The molecule has 1 aliphatic rings. The van der Waals surface area contributed by atoms with Crippen molar-refractivity contribution in [1.29, 1.82) is 0 Å². The van der Waals surface area contributed by atoms with Gasteiger partial charge in [0.2, 0.25) is 5.91 Å². The van der Waals surface area contributed by atoms with Gasteiger partial charge in [0, 0.05) is 26.6 Å². The number of piperazine rings is 1. The molecule has 1 aliphatic heterocycles. The maximum Gasteiger partial charge on any atom is 0.220 e. The largest absolute Gasteiger partial charge is 0.333 e. The van der Waals surface area contributed by atoms with E-state index in [1.165, 1.54) is 5.56 Å². The van der Waals surface area contributed by atoms with E-state index in [1.54, 1.807) is 6.92 Å². The number of rotatable bonds is 1. The number of hydrogen-bond acceptors (Lipinski definition) is 2. The Bertz CT molecular complexity index is 363. The van der Waals surface area contributed by atoms with Crippen LogP contribution in [-0.2, 0) is 4.79 Å². The van der Waals surface area contributed by atoms with Crippen LogP contribution in [0, 0.1) is 0 Å². The molecule has 1 saturated heterocycles. The molecule has 1 fully saturated rings. The first-order valence-corrected chi connectivity index (χ1v) is 5.69. The Balaban J connectivity index is 2.24. The van der Waals surface area contributed by atoms with Gasteiger partial charge < -0.3 is 9.80 Å². The lowest BCUT2D eigenvalue weighted by Gasteiger charge is -2.39. The van der Waals surface area contributed by atoms with Crippen LogP contribution < -0.4 is 0 Å². The molecule has 16 heavy (non-hydrogen) atoms. The zero-order chi connectivity index (χ0) is 11.5. The van der Waals surface area contributed by atoms with Gasteiger partial charge in [-0.15, -0.1) is 0 Å². The predicted octanol–water partition coefficient (Wildman–Crippen LogP) is 1.52. The first kappa shape index (κ1) is 11.1. The fraction of sp³-hybridized carbons (Fsp3) is 0.462. The van der Waals surface area contributed by atoms with Gasteiger partial charge >= 0.3 is 0 Å². The van der Waals surface area contributed by atoms with Crippen molar-refractivity contribution in [3.8, 4) is 0 Å². The molecule has 1 aromatic carbocycles. The SMILES string of the molecule is CC(=O)N1CCN(C)CC1c1ccccc1. The minimum atomic E-state index is 0.168. The smallest absolute Gasteiger partial charge is 0.220 e. The van der Waals surface area contributed by atoms with Crippen LogP contribution in [0.1, 0.15) is 18.5 Å². The first-order valence-electron chi connectivity index (χ1n) is 5.69. The zero-order valence-corrected chi connectivity index (χ0v) is 9.89. The Morgan fingerprint density at radius 1 is 1.25 bits per heavy atom. The minimum absolute atomic E-state index is 0.168. The molecule has 0 aromatic heterocycles. The maximum absolute atomic E-state index is 11.6. The molecule has 0 aliphatic carbocycles. The second kappa shape index (κ2) is 4.66. The molecule has 1 atom stereocenters. The summed E-state index contributed by atoms with van der Waals surface area (Å²) in [5, 5.41) is 0. The van der Waals surface area contributed by atoms with Crippen molar-refractivity contribution in [3.05, 3.63) is 35.9 Å². The highest BCUT2D eigenvalue weighted by Gasteiger charge is 2.27. The van der Waals surface area contributed by atoms with Gasteiger partial charge in [-0.3, -0.25) is 4.79 Å². The van der Waals surface area contributed by atoms with E-state index in [9.17, 15) is 4.79 Å². The Morgan fingerprint density at radius 3 is 2.56 bits per heavy atom. The van der Waals surface area contributed by atoms with E-state index in [2.05, 4.69) is 24.1 Å². The van der Waals surface area contributed by atoms with E-state index < -0.39 is 0 Å². The molecule has 0 radical (unpaired) electrons. The second-order valence-electron chi connectivity index (χ2n) is 4.40. The van der Waals surface area contributed by atoms with Gasteiger partial charge in [-0.2, -0.15) is 0 Å². The van der Waals surface area contributed by atoms with Crippen molar-refractivity contribution >= 4 is 5.91 Å². The third-order valence-electron chi connectivity index (χ3n) is 3.17. The lowest BCUT2D eigenvalue weighted by atomic mass is 10.0. The van der Waals surface area contributed by atoms with E-state index in [1.807, 2.05) is 23.1 Å². The summed E-state index contributed by atoms with van der Waals surface area (Å²) in [6.45, 7) is 4.36. The number of amides is 1. The Labute approximate surface area is 96.7 Å². The van der Waals surface area contributed by atoms with Crippen LogP contribution in [0.25, 0.3) is 0 Å². The molecule has 0 bridgehead atoms. The Kier molecular flexibility index (Phi) is 3.25. The molecule has 0 N–H and O–H groups in total. The fourth-order valence-electron chi connectivity index (χ4n) is 2.26. The average molecular weight is 218 g/mol. The molecule has 1 heterocycles. The summed E-state index contributed by atoms with van der Waals surface area (Å²) in [6, 6.07) is 10.5. The minimum Gasteiger partial charge on any atom is -0.333 e. The number of benzene rings is 1. The summed E-state index contributed by atoms with van der Waals surface area (Å²) in [7, 11) is 2.10. The average Bonchev–Trinajstić information content (AvgIpc) is 2.29. The molecule has 2 rings (SSSR count). The second-order valence-corrected chi connectivity index (χ2v) is 4.40. The number of carbonyl (C=O) groups is 1. The number of nitrogens with zero attached hydrogens (tertiary/aromatic N) is 2. The normalized spacial score (nSPS) is 22.1. The van der Waals surface area contributed by atoms with Crippen molar-refractivity contribution < 1.29 is 4.79 Å². The van der Waals surface area contributed by atoms with Gasteiger partial charge in [0.05, 0.1) is 6.04 Å². The maximum atomic E-state index is 11.6. The topological polar surface area (TPSA) is 23.6 Å². The molecule has 3 nitrogen and oxygen atoms in total. The summed E-state index contributed by atoms with van der Waals surface area (Å²) >= 11 is 0. The highest BCUT2D eigenvalue weighted by Crippen LogP contribution is 2.24. The van der Waals surface area contributed by atoms with E-state index in [4.69, 9.17) is 0 Å². The van der Waals surface area contributed by atoms with Crippen LogP contribution in [0.15, 0.2) is 30.3 Å². The molecule has 86 valence electrons. The van der Waals surface area contributed by atoms with Crippen LogP contribution in [0.5, 0.6) is 0 Å². The molecular formula is C13H18N2O. The van der Waals surface area contributed by atoms with Crippen LogP contribution in [0.2, 0.25) is 0 Å². The number of likely N-dealkylation sites (N-methyl/N-ethyl adjacent to an activating group) is 1. The summed E-state index contributed by atoms with van der Waals surface area (Å²) < 4.78 is 0. The standard InChI is InChI=1S/C13H18N2O/c1-11(16)15-9-8-14(2)10-13(15)12-6-4-3-5-7-12/h3-7,13H,8-10H2,1-2H3. The van der Waals surface area contributed by atoms with E-state index in [0.29, 0.717) is 0 Å². The van der Waals surface area contributed by atoms with Gasteiger partial charge in [-0.05, 0) is 12.6 Å². The van der Waals surface area contributed by atoms with Gasteiger partial charge in [-0.25, -0.2) is 0 Å². The van der Waals surface area contributed by atoms with Crippen molar-refractivity contribution in [1.82, 2.24) is 9.80 Å². The summed E-state index contributed by atoms with van der Waals surface area (Å²) in [4.78, 5) is 15.8. The molecule has 1 aromatic rings. The van der Waals surface area contributed by atoms with Crippen LogP contribution in [0.3, 0.4) is 0 Å². The van der Waals surface area contributed by atoms with Crippen molar-refractivity contribution in [2.45, 2.75) is 13.0 Å².